The van der Waals surface area contributed by atoms with Gasteiger partial charge in [-0.2, -0.15) is 0 Å². The maximum absolute atomic E-state index is 5.77. The van der Waals surface area contributed by atoms with Gasteiger partial charge in [0, 0.05) is 11.4 Å². The normalized spacial score (nSPS) is 10.8. The molecule has 0 aromatic carbocycles. The molecular weight excluding hydrogens is 195 g/mol. The van der Waals surface area contributed by atoms with Crippen LogP contribution in [0.3, 0.4) is 0 Å². The van der Waals surface area contributed by atoms with Gasteiger partial charge < -0.3 is 5.73 Å². The Balaban J connectivity index is 2.97. The summed E-state index contributed by atoms with van der Waals surface area (Å²) in [5.41, 5.74) is 6.89. The number of anilines is 1. The maximum atomic E-state index is 5.77. The number of hydrogen-bond donors (Lipinski definition) is 1. The second kappa shape index (κ2) is 4.33. The number of pyridine rings is 1. The van der Waals surface area contributed by atoms with Crippen molar-refractivity contribution in [1.29, 1.82) is 0 Å². The van der Waals surface area contributed by atoms with Gasteiger partial charge in [-0.25, -0.2) is 4.98 Å². The number of allylic oxidation sites excluding steroid dienone is 1. The summed E-state index contributed by atoms with van der Waals surface area (Å²) >= 11 is 11.2. The van der Waals surface area contributed by atoms with Crippen LogP contribution in [0.1, 0.15) is 5.56 Å². The molecule has 0 bridgehead atoms. The van der Waals surface area contributed by atoms with Crippen molar-refractivity contribution in [2.75, 3.05) is 11.6 Å². The highest BCUT2D eigenvalue weighted by Crippen LogP contribution is 2.16. The molecule has 2 nitrogen and oxygen atoms in total. The summed E-state index contributed by atoms with van der Waals surface area (Å²) in [6.45, 7) is 0. The average molecular weight is 203 g/mol. The SMILES string of the molecule is Nc1cnc(Cl)c(C=CCCl)c1. The molecule has 0 aliphatic carbocycles. The number of rotatable bonds is 2. The summed E-state index contributed by atoms with van der Waals surface area (Å²) in [7, 11) is 0. The van der Waals surface area contributed by atoms with Crippen LogP contribution in [0.5, 0.6) is 0 Å². The largest absolute Gasteiger partial charge is 0.397 e. The van der Waals surface area contributed by atoms with Gasteiger partial charge in [0.15, 0.2) is 0 Å². The Bertz CT molecular complexity index is 297. The van der Waals surface area contributed by atoms with E-state index in [-0.39, 0.29) is 0 Å². The zero-order chi connectivity index (χ0) is 8.97. The number of alkyl halides is 1. The second-order valence-corrected chi connectivity index (χ2v) is 2.87. The van der Waals surface area contributed by atoms with E-state index in [1.807, 2.05) is 0 Å². The molecule has 0 radical (unpaired) electrons. The average Bonchev–Trinajstić information content (AvgIpc) is 2.07. The van der Waals surface area contributed by atoms with Crippen LogP contribution in [-0.4, -0.2) is 10.9 Å². The zero-order valence-corrected chi connectivity index (χ0v) is 7.81. The van der Waals surface area contributed by atoms with Crippen LogP contribution in [0.15, 0.2) is 18.3 Å². The van der Waals surface area contributed by atoms with Crippen molar-refractivity contribution in [3.05, 3.63) is 29.1 Å². The van der Waals surface area contributed by atoms with Gasteiger partial charge in [0.1, 0.15) is 5.15 Å². The third-order valence-corrected chi connectivity index (χ3v) is 1.77. The van der Waals surface area contributed by atoms with Crippen molar-refractivity contribution >= 4 is 35.0 Å². The van der Waals surface area contributed by atoms with Crippen molar-refractivity contribution in [1.82, 2.24) is 4.98 Å². The van der Waals surface area contributed by atoms with E-state index in [1.54, 1.807) is 18.2 Å². The number of nitrogens with two attached hydrogens (primary N) is 1. The molecule has 0 atom stereocenters. The van der Waals surface area contributed by atoms with Crippen LogP contribution >= 0.6 is 23.2 Å². The Morgan fingerprint density at radius 2 is 2.33 bits per heavy atom. The van der Waals surface area contributed by atoms with Gasteiger partial charge in [0.25, 0.3) is 0 Å². The van der Waals surface area contributed by atoms with Gasteiger partial charge in [-0.3, -0.25) is 0 Å². The third-order valence-electron chi connectivity index (χ3n) is 1.27. The Kier molecular flexibility index (Phi) is 3.38. The predicted octanol–water partition coefficient (Wildman–Crippen LogP) is 2.57. The smallest absolute Gasteiger partial charge is 0.136 e. The molecule has 12 heavy (non-hydrogen) atoms. The van der Waals surface area contributed by atoms with Crippen molar-refractivity contribution in [2.45, 2.75) is 0 Å². The molecule has 4 heteroatoms. The van der Waals surface area contributed by atoms with Gasteiger partial charge in [-0.05, 0) is 6.07 Å². The highest BCUT2D eigenvalue weighted by molar-refractivity contribution is 6.31. The first-order valence-electron chi connectivity index (χ1n) is 3.37. The number of hydrogen-bond acceptors (Lipinski definition) is 2. The summed E-state index contributed by atoms with van der Waals surface area (Å²) in [6, 6.07) is 1.75. The molecule has 0 unspecified atom stereocenters. The van der Waals surface area contributed by atoms with E-state index in [4.69, 9.17) is 28.9 Å². The van der Waals surface area contributed by atoms with Gasteiger partial charge in [-0.1, -0.05) is 23.8 Å². The van der Waals surface area contributed by atoms with Gasteiger partial charge in [0.05, 0.1) is 11.9 Å². The van der Waals surface area contributed by atoms with E-state index in [2.05, 4.69) is 4.98 Å². The Morgan fingerprint density at radius 3 is 3.00 bits per heavy atom. The highest BCUT2D eigenvalue weighted by atomic mass is 35.5. The minimum absolute atomic E-state index is 0.436. The molecule has 2 N–H and O–H groups in total. The van der Waals surface area contributed by atoms with Crippen LogP contribution in [0.2, 0.25) is 5.15 Å². The molecule has 1 rings (SSSR count). The Hall–Kier alpha value is -0.730. The molecule has 0 aliphatic heterocycles. The summed E-state index contributed by atoms with van der Waals surface area (Å²) in [5, 5.41) is 0.436. The van der Waals surface area contributed by atoms with Crippen LogP contribution in [0.4, 0.5) is 5.69 Å². The second-order valence-electron chi connectivity index (χ2n) is 2.21. The molecule has 0 saturated heterocycles. The monoisotopic (exact) mass is 202 g/mol. The lowest BCUT2D eigenvalue weighted by Gasteiger charge is -1.97. The molecule has 0 saturated carbocycles. The fraction of sp³-hybridized carbons (Fsp3) is 0.125. The fourth-order valence-corrected chi connectivity index (χ4v) is 1.03. The summed E-state index contributed by atoms with van der Waals surface area (Å²) in [4.78, 5) is 3.88. The topological polar surface area (TPSA) is 38.9 Å². The quantitative estimate of drug-likeness (QED) is 0.592. The fourth-order valence-electron chi connectivity index (χ4n) is 0.771. The number of aromatic nitrogens is 1. The van der Waals surface area contributed by atoms with E-state index < -0.39 is 0 Å². The van der Waals surface area contributed by atoms with Gasteiger partial charge >= 0.3 is 0 Å². The maximum Gasteiger partial charge on any atom is 0.136 e. The Labute approximate surface area is 81.0 Å². The molecule has 0 aliphatic rings. The van der Waals surface area contributed by atoms with Gasteiger partial charge in [-0.15, -0.1) is 11.6 Å². The Morgan fingerprint density at radius 1 is 1.58 bits per heavy atom. The zero-order valence-electron chi connectivity index (χ0n) is 6.30. The first-order chi connectivity index (χ1) is 5.74. The first kappa shape index (κ1) is 9.36. The number of halogens is 2. The first-order valence-corrected chi connectivity index (χ1v) is 4.29. The van der Waals surface area contributed by atoms with E-state index in [1.165, 1.54) is 6.20 Å². The van der Waals surface area contributed by atoms with Crippen LogP contribution in [0.25, 0.3) is 6.08 Å². The van der Waals surface area contributed by atoms with E-state index in [0.29, 0.717) is 16.7 Å². The lowest BCUT2D eigenvalue weighted by atomic mass is 10.2. The van der Waals surface area contributed by atoms with Crippen LogP contribution < -0.4 is 5.73 Å². The van der Waals surface area contributed by atoms with Crippen molar-refractivity contribution < 1.29 is 0 Å². The van der Waals surface area contributed by atoms with Crippen molar-refractivity contribution in [3.8, 4) is 0 Å². The van der Waals surface area contributed by atoms with Gasteiger partial charge in [0.2, 0.25) is 0 Å². The minimum atomic E-state index is 0.436. The number of nitrogens with zero attached hydrogens (tertiary/aromatic N) is 1. The molecular formula is C8H8Cl2N2. The van der Waals surface area contributed by atoms with Crippen molar-refractivity contribution in [2.24, 2.45) is 0 Å². The number of nitrogen functional groups attached to an aromatic ring is 1. The van der Waals surface area contributed by atoms with Crippen LogP contribution in [0, 0.1) is 0 Å². The van der Waals surface area contributed by atoms with Crippen molar-refractivity contribution in [3.63, 3.8) is 0 Å². The third kappa shape index (κ3) is 2.40. The summed E-state index contributed by atoms with van der Waals surface area (Å²) in [5.74, 6) is 0.450. The van der Waals surface area contributed by atoms with Crippen LogP contribution in [-0.2, 0) is 0 Å². The minimum Gasteiger partial charge on any atom is -0.397 e. The molecule has 0 fully saturated rings. The lowest BCUT2D eigenvalue weighted by Crippen LogP contribution is -1.88. The molecule has 1 heterocycles. The standard InChI is InChI=1S/C8H8Cl2N2/c9-3-1-2-6-4-7(11)5-12-8(6)10/h1-2,4-5H,3,11H2. The van der Waals surface area contributed by atoms with E-state index in [9.17, 15) is 0 Å². The molecule has 0 spiro atoms. The predicted molar refractivity (Wildman–Crippen MR) is 53.4 cm³/mol. The summed E-state index contributed by atoms with van der Waals surface area (Å²) in [6.07, 6.45) is 5.09. The molecule has 0 amide bonds. The summed E-state index contributed by atoms with van der Waals surface area (Å²) < 4.78 is 0. The van der Waals surface area contributed by atoms with E-state index in [0.717, 1.165) is 5.56 Å². The van der Waals surface area contributed by atoms with E-state index >= 15 is 0 Å². The molecule has 1 aromatic rings. The molecule has 64 valence electrons. The molecule has 1 aromatic heterocycles. The lowest BCUT2D eigenvalue weighted by molar-refractivity contribution is 1.32. The highest BCUT2D eigenvalue weighted by Gasteiger charge is 1.96.